The molecule has 158 valence electrons. The molecular formula is C25H33N5. The topological polar surface area (TPSA) is 102 Å². The number of rotatable bonds is 4. The van der Waals surface area contributed by atoms with Gasteiger partial charge in [0.25, 0.3) is 0 Å². The molecule has 3 aromatic rings. The third-order valence-electron chi connectivity index (χ3n) is 4.27. The van der Waals surface area contributed by atoms with Crippen LogP contribution in [0.5, 0.6) is 0 Å². The van der Waals surface area contributed by atoms with Crippen LogP contribution in [0.25, 0.3) is 10.8 Å². The van der Waals surface area contributed by atoms with Crippen molar-refractivity contribution in [2.45, 2.75) is 5.92 Å². The number of anilines is 1. The van der Waals surface area contributed by atoms with Crippen molar-refractivity contribution in [2.24, 2.45) is 22.3 Å². The summed E-state index contributed by atoms with van der Waals surface area (Å²) in [4.78, 5) is 0. The zero-order valence-electron chi connectivity index (χ0n) is 18.0. The summed E-state index contributed by atoms with van der Waals surface area (Å²) in [5.74, 6) is 0.313. The molecule has 0 amide bonds. The quantitative estimate of drug-likeness (QED) is 0.387. The molecule has 0 heterocycles. The van der Waals surface area contributed by atoms with E-state index in [1.807, 2.05) is 36.5 Å². The van der Waals surface area contributed by atoms with Gasteiger partial charge < -0.3 is 17.2 Å². The monoisotopic (exact) mass is 403 g/mol. The average molecular weight is 404 g/mol. The van der Waals surface area contributed by atoms with Crippen LogP contribution in [0.3, 0.4) is 0 Å². The van der Waals surface area contributed by atoms with Gasteiger partial charge in [-0.1, -0.05) is 78.9 Å². The first-order chi connectivity index (χ1) is 14.9. The van der Waals surface area contributed by atoms with E-state index in [-0.39, 0.29) is 0 Å². The number of nitrogens with one attached hydrogen (secondary N) is 1. The van der Waals surface area contributed by atoms with Crippen LogP contribution in [-0.2, 0) is 0 Å². The molecule has 0 saturated heterocycles. The number of para-hydroxylation sites is 1. The summed E-state index contributed by atoms with van der Waals surface area (Å²) in [5.41, 5.74) is 20.0. The van der Waals surface area contributed by atoms with Crippen LogP contribution in [0.15, 0.2) is 96.1 Å². The molecule has 0 saturated carbocycles. The van der Waals surface area contributed by atoms with E-state index in [1.165, 1.54) is 37.5 Å². The molecule has 0 bridgehead atoms. The van der Waals surface area contributed by atoms with E-state index in [1.54, 1.807) is 0 Å². The highest BCUT2D eigenvalue weighted by Crippen LogP contribution is 2.30. The van der Waals surface area contributed by atoms with Crippen LogP contribution in [0.1, 0.15) is 17.0 Å². The molecular weight excluding hydrogens is 370 g/mol. The number of hydrazone groups is 1. The van der Waals surface area contributed by atoms with Crippen molar-refractivity contribution in [2.75, 3.05) is 26.6 Å². The maximum Gasteiger partial charge on any atom is 0.0561 e. The Kier molecular flexibility index (Phi) is 12.2. The molecule has 5 nitrogen and oxygen atoms in total. The first-order valence-electron chi connectivity index (χ1n) is 9.86. The van der Waals surface area contributed by atoms with E-state index in [2.05, 4.69) is 88.4 Å². The Morgan fingerprint density at radius 3 is 2.00 bits per heavy atom. The van der Waals surface area contributed by atoms with Gasteiger partial charge in [-0.05, 0) is 49.6 Å². The molecule has 1 aliphatic rings. The zero-order chi connectivity index (χ0) is 22.2. The minimum atomic E-state index is 0.313. The molecule has 0 unspecified atom stereocenters. The number of allylic oxidation sites excluding steroid dienone is 4. The first-order valence-corrected chi connectivity index (χ1v) is 9.86. The first kappa shape index (κ1) is 24.8. The van der Waals surface area contributed by atoms with Crippen molar-refractivity contribution in [3.05, 3.63) is 102 Å². The maximum atomic E-state index is 4.50. The third kappa shape index (κ3) is 6.67. The molecule has 3 aromatic carbocycles. The second kappa shape index (κ2) is 14.7. The van der Waals surface area contributed by atoms with Gasteiger partial charge in [0.2, 0.25) is 0 Å². The second-order valence-corrected chi connectivity index (χ2v) is 5.82. The summed E-state index contributed by atoms with van der Waals surface area (Å²) < 4.78 is 0. The molecule has 0 atom stereocenters. The van der Waals surface area contributed by atoms with Crippen LogP contribution >= 0.6 is 0 Å². The second-order valence-electron chi connectivity index (χ2n) is 5.82. The molecule has 0 fully saturated rings. The van der Waals surface area contributed by atoms with Gasteiger partial charge in [0, 0.05) is 11.5 Å². The Hall–Kier alpha value is -3.25. The van der Waals surface area contributed by atoms with E-state index in [0.29, 0.717) is 5.92 Å². The van der Waals surface area contributed by atoms with Crippen LogP contribution < -0.4 is 22.6 Å². The molecule has 0 radical (unpaired) electrons. The van der Waals surface area contributed by atoms with Crippen LogP contribution in [-0.4, -0.2) is 27.4 Å². The SMILES string of the molecule is C1=CC(c2ccc3ccccc3c2C=NNc2ccccc2)C=C1.CN.CN.CN. The summed E-state index contributed by atoms with van der Waals surface area (Å²) in [6.45, 7) is 0. The lowest BCUT2D eigenvalue weighted by atomic mass is 9.91. The molecule has 4 rings (SSSR count). The smallest absolute Gasteiger partial charge is 0.0561 e. The van der Waals surface area contributed by atoms with Gasteiger partial charge in [-0.15, -0.1) is 0 Å². The van der Waals surface area contributed by atoms with E-state index < -0.39 is 0 Å². The number of fused-ring (bicyclic) bond motifs is 1. The van der Waals surface area contributed by atoms with Crippen molar-refractivity contribution >= 4 is 22.7 Å². The highest BCUT2D eigenvalue weighted by Gasteiger charge is 2.13. The van der Waals surface area contributed by atoms with Gasteiger partial charge in [-0.2, -0.15) is 5.10 Å². The number of nitrogens with zero attached hydrogens (tertiary/aromatic N) is 1. The van der Waals surface area contributed by atoms with E-state index in [0.717, 1.165) is 11.3 Å². The van der Waals surface area contributed by atoms with Gasteiger partial charge in [-0.3, -0.25) is 5.43 Å². The van der Waals surface area contributed by atoms with Crippen molar-refractivity contribution in [1.82, 2.24) is 0 Å². The van der Waals surface area contributed by atoms with E-state index >= 15 is 0 Å². The predicted molar refractivity (Wildman–Crippen MR) is 133 cm³/mol. The fraction of sp³-hybridized carbons (Fsp3) is 0.160. The highest BCUT2D eigenvalue weighted by atomic mass is 15.3. The van der Waals surface area contributed by atoms with Crippen molar-refractivity contribution in [3.8, 4) is 0 Å². The fourth-order valence-electron chi connectivity index (χ4n) is 3.07. The van der Waals surface area contributed by atoms with Crippen molar-refractivity contribution in [3.63, 3.8) is 0 Å². The predicted octanol–water partition coefficient (Wildman–Crippen LogP) is 4.22. The van der Waals surface area contributed by atoms with E-state index in [9.17, 15) is 0 Å². The highest BCUT2D eigenvalue weighted by molar-refractivity contribution is 6.01. The Balaban J connectivity index is 0.000000691. The Labute approximate surface area is 180 Å². The molecule has 0 spiro atoms. The van der Waals surface area contributed by atoms with E-state index in [4.69, 9.17) is 0 Å². The number of nitrogens with two attached hydrogens (primary N) is 3. The Morgan fingerprint density at radius 2 is 1.33 bits per heavy atom. The minimum Gasteiger partial charge on any atom is -0.333 e. The van der Waals surface area contributed by atoms with Gasteiger partial charge in [0.1, 0.15) is 0 Å². The van der Waals surface area contributed by atoms with Gasteiger partial charge in [0.05, 0.1) is 11.9 Å². The summed E-state index contributed by atoms with van der Waals surface area (Å²) in [5, 5.41) is 6.93. The molecule has 30 heavy (non-hydrogen) atoms. The van der Waals surface area contributed by atoms with Gasteiger partial charge in [-0.25, -0.2) is 0 Å². The fourth-order valence-corrected chi connectivity index (χ4v) is 3.07. The largest absolute Gasteiger partial charge is 0.333 e. The number of benzene rings is 3. The Bertz CT molecular complexity index is 934. The summed E-state index contributed by atoms with van der Waals surface area (Å²) in [7, 11) is 4.50. The lowest BCUT2D eigenvalue weighted by Gasteiger charge is -2.13. The molecule has 7 N–H and O–H groups in total. The standard InChI is InChI=1S/C22H18N2.3CH5N/c1-2-11-19(12-3-1)24-23-16-22-20-13-7-6-10-18(20)14-15-21(22)17-8-4-5-9-17;3*1-2/h1-17,24H;3*2H2,1H3. The van der Waals surface area contributed by atoms with Gasteiger partial charge >= 0.3 is 0 Å². The molecule has 0 aliphatic heterocycles. The van der Waals surface area contributed by atoms with Crippen molar-refractivity contribution in [1.29, 1.82) is 0 Å². The minimum absolute atomic E-state index is 0.313. The van der Waals surface area contributed by atoms with Crippen LogP contribution in [0, 0.1) is 0 Å². The summed E-state index contributed by atoms with van der Waals surface area (Å²) >= 11 is 0. The molecule has 5 heteroatoms. The average Bonchev–Trinajstić information content (AvgIpc) is 3.38. The van der Waals surface area contributed by atoms with Gasteiger partial charge in [0.15, 0.2) is 0 Å². The maximum absolute atomic E-state index is 4.50. The number of hydrogen-bond donors (Lipinski definition) is 4. The third-order valence-corrected chi connectivity index (χ3v) is 4.27. The molecule has 1 aliphatic carbocycles. The normalized spacial score (nSPS) is 11.8. The lowest BCUT2D eigenvalue weighted by Crippen LogP contribution is -1.99. The van der Waals surface area contributed by atoms with Crippen LogP contribution in [0.2, 0.25) is 0 Å². The van der Waals surface area contributed by atoms with Crippen molar-refractivity contribution < 1.29 is 0 Å². The summed E-state index contributed by atoms with van der Waals surface area (Å²) in [6.07, 6.45) is 10.6. The molecule has 0 aromatic heterocycles. The lowest BCUT2D eigenvalue weighted by molar-refractivity contribution is 1.10. The van der Waals surface area contributed by atoms with Crippen LogP contribution in [0.4, 0.5) is 5.69 Å². The zero-order valence-corrected chi connectivity index (χ0v) is 18.0. The summed E-state index contributed by atoms with van der Waals surface area (Å²) in [6, 6.07) is 22.8. The Morgan fingerprint density at radius 1 is 0.733 bits per heavy atom. The number of hydrogen-bond acceptors (Lipinski definition) is 5.